The maximum Gasteiger partial charge on any atom is 0.416 e. The molecule has 98 valence electrons. The van der Waals surface area contributed by atoms with Gasteiger partial charge in [-0.05, 0) is 17.9 Å². The van der Waals surface area contributed by atoms with E-state index in [2.05, 4.69) is 4.98 Å². The minimum atomic E-state index is -4.57. The lowest BCUT2D eigenvalue weighted by Crippen LogP contribution is -2.29. The summed E-state index contributed by atoms with van der Waals surface area (Å²) < 4.78 is 38.7. The SMILES string of the molecule is CC1(C)CC1(C(=O)O)c1cnccc1C(F)(F)F. The smallest absolute Gasteiger partial charge is 0.416 e. The Kier molecular flexibility index (Phi) is 2.47. The van der Waals surface area contributed by atoms with Crippen molar-refractivity contribution in [2.45, 2.75) is 31.9 Å². The van der Waals surface area contributed by atoms with Crippen molar-refractivity contribution in [3.05, 3.63) is 29.6 Å². The van der Waals surface area contributed by atoms with Crippen molar-refractivity contribution < 1.29 is 23.1 Å². The van der Waals surface area contributed by atoms with Crippen LogP contribution in [-0.4, -0.2) is 16.1 Å². The molecule has 18 heavy (non-hydrogen) atoms. The van der Waals surface area contributed by atoms with Crippen molar-refractivity contribution in [3.63, 3.8) is 0 Å². The van der Waals surface area contributed by atoms with Gasteiger partial charge >= 0.3 is 12.1 Å². The lowest BCUT2D eigenvalue weighted by atomic mass is 9.86. The van der Waals surface area contributed by atoms with Crippen LogP contribution in [0.25, 0.3) is 0 Å². The summed E-state index contributed by atoms with van der Waals surface area (Å²) >= 11 is 0. The van der Waals surface area contributed by atoms with Crippen molar-refractivity contribution in [1.82, 2.24) is 4.98 Å². The van der Waals surface area contributed by atoms with Gasteiger partial charge < -0.3 is 5.11 Å². The number of hydrogen-bond donors (Lipinski definition) is 1. The lowest BCUT2D eigenvalue weighted by molar-refractivity contribution is -0.143. The summed E-state index contributed by atoms with van der Waals surface area (Å²) in [6, 6.07) is 0.828. The first-order chi connectivity index (χ1) is 8.13. The van der Waals surface area contributed by atoms with E-state index in [0.717, 1.165) is 18.5 Å². The molecule has 1 atom stereocenters. The summed E-state index contributed by atoms with van der Waals surface area (Å²) in [6.07, 6.45) is -2.34. The van der Waals surface area contributed by atoms with Crippen molar-refractivity contribution in [3.8, 4) is 0 Å². The van der Waals surface area contributed by atoms with Crippen LogP contribution in [0.15, 0.2) is 18.5 Å². The molecule has 1 aromatic heterocycles. The molecule has 0 spiro atoms. The molecule has 6 heteroatoms. The van der Waals surface area contributed by atoms with E-state index in [1.54, 1.807) is 13.8 Å². The van der Waals surface area contributed by atoms with Crippen LogP contribution in [0.3, 0.4) is 0 Å². The third kappa shape index (κ3) is 1.59. The molecule has 0 saturated heterocycles. The van der Waals surface area contributed by atoms with Crippen LogP contribution in [0.2, 0.25) is 0 Å². The number of carboxylic acid groups (broad SMARTS) is 1. The molecule has 0 radical (unpaired) electrons. The highest BCUT2D eigenvalue weighted by atomic mass is 19.4. The van der Waals surface area contributed by atoms with E-state index in [-0.39, 0.29) is 12.0 Å². The predicted octanol–water partition coefficient (Wildman–Crippen LogP) is 2.85. The number of carbonyl (C=O) groups is 1. The van der Waals surface area contributed by atoms with Gasteiger partial charge in [0.15, 0.2) is 0 Å². The van der Waals surface area contributed by atoms with Gasteiger partial charge in [-0.1, -0.05) is 13.8 Å². The van der Waals surface area contributed by atoms with Gasteiger partial charge in [-0.25, -0.2) is 0 Å². The van der Waals surface area contributed by atoms with Crippen LogP contribution in [0.5, 0.6) is 0 Å². The van der Waals surface area contributed by atoms with E-state index < -0.39 is 28.5 Å². The first-order valence-corrected chi connectivity index (χ1v) is 5.38. The quantitative estimate of drug-likeness (QED) is 0.888. The third-order valence-electron chi connectivity index (χ3n) is 3.69. The Balaban J connectivity index is 2.63. The van der Waals surface area contributed by atoms with E-state index in [1.165, 1.54) is 0 Å². The summed E-state index contributed by atoms with van der Waals surface area (Å²) in [5.41, 5.74) is -3.32. The summed E-state index contributed by atoms with van der Waals surface area (Å²) in [5, 5.41) is 9.29. The highest BCUT2D eigenvalue weighted by Gasteiger charge is 2.69. The summed E-state index contributed by atoms with van der Waals surface area (Å²) in [4.78, 5) is 15.0. The number of carboxylic acids is 1. The van der Waals surface area contributed by atoms with Crippen molar-refractivity contribution in [1.29, 1.82) is 0 Å². The summed E-state index contributed by atoms with van der Waals surface area (Å²) in [5.74, 6) is -1.23. The van der Waals surface area contributed by atoms with Crippen molar-refractivity contribution >= 4 is 5.97 Å². The summed E-state index contributed by atoms with van der Waals surface area (Å²) in [7, 11) is 0. The Labute approximate surface area is 102 Å². The fourth-order valence-corrected chi connectivity index (χ4v) is 2.54. The number of alkyl halides is 3. The highest BCUT2D eigenvalue weighted by Crippen LogP contribution is 2.65. The van der Waals surface area contributed by atoms with E-state index >= 15 is 0 Å². The largest absolute Gasteiger partial charge is 0.481 e. The minimum Gasteiger partial charge on any atom is -0.481 e. The monoisotopic (exact) mass is 259 g/mol. The van der Waals surface area contributed by atoms with E-state index in [1.807, 2.05) is 0 Å². The molecular weight excluding hydrogens is 247 g/mol. The van der Waals surface area contributed by atoms with Crippen LogP contribution < -0.4 is 0 Å². The molecule has 1 fully saturated rings. The molecule has 1 unspecified atom stereocenters. The van der Waals surface area contributed by atoms with Crippen molar-refractivity contribution in [2.24, 2.45) is 5.41 Å². The van der Waals surface area contributed by atoms with Gasteiger partial charge in [0, 0.05) is 18.0 Å². The molecule has 1 aliphatic carbocycles. The Hall–Kier alpha value is -1.59. The number of hydrogen-bond acceptors (Lipinski definition) is 2. The van der Waals surface area contributed by atoms with Crippen LogP contribution in [0, 0.1) is 5.41 Å². The topological polar surface area (TPSA) is 50.2 Å². The van der Waals surface area contributed by atoms with Gasteiger partial charge in [-0.2, -0.15) is 13.2 Å². The first-order valence-electron chi connectivity index (χ1n) is 5.38. The molecular formula is C12H12F3NO2. The van der Waals surface area contributed by atoms with Gasteiger partial charge in [-0.3, -0.25) is 9.78 Å². The molecule has 2 rings (SSSR count). The Morgan fingerprint density at radius 2 is 2.00 bits per heavy atom. The Morgan fingerprint density at radius 3 is 2.39 bits per heavy atom. The second-order valence-electron chi connectivity index (χ2n) is 5.19. The van der Waals surface area contributed by atoms with E-state index in [4.69, 9.17) is 0 Å². The zero-order valence-electron chi connectivity index (χ0n) is 9.88. The molecule has 0 aromatic carbocycles. The number of halogens is 3. The zero-order chi connectivity index (χ0) is 13.8. The molecule has 0 bridgehead atoms. The Morgan fingerprint density at radius 1 is 1.44 bits per heavy atom. The average Bonchev–Trinajstić information content (AvgIpc) is 2.82. The molecule has 1 aromatic rings. The maximum atomic E-state index is 12.9. The zero-order valence-corrected chi connectivity index (χ0v) is 9.88. The normalized spacial score (nSPS) is 25.8. The van der Waals surface area contributed by atoms with E-state index in [9.17, 15) is 23.1 Å². The van der Waals surface area contributed by atoms with Crippen LogP contribution >= 0.6 is 0 Å². The number of pyridine rings is 1. The molecule has 0 amide bonds. The Bertz CT molecular complexity index is 510. The fraction of sp³-hybridized carbons (Fsp3) is 0.500. The standard InChI is InChI=1S/C12H12F3NO2/c1-10(2)6-11(10,9(17)18)8-5-16-4-3-7(8)12(13,14)15/h3-5H,6H2,1-2H3,(H,17,18). The molecule has 1 saturated carbocycles. The maximum absolute atomic E-state index is 12.9. The molecule has 1 aliphatic rings. The number of aromatic nitrogens is 1. The van der Waals surface area contributed by atoms with Crippen LogP contribution in [0.1, 0.15) is 31.4 Å². The molecule has 3 nitrogen and oxygen atoms in total. The predicted molar refractivity (Wildman–Crippen MR) is 57.0 cm³/mol. The second kappa shape index (κ2) is 3.46. The van der Waals surface area contributed by atoms with E-state index in [0.29, 0.717) is 0 Å². The average molecular weight is 259 g/mol. The number of aliphatic carboxylic acids is 1. The van der Waals surface area contributed by atoms with Gasteiger partial charge in [0.1, 0.15) is 5.41 Å². The lowest BCUT2D eigenvalue weighted by Gasteiger charge is -2.20. The van der Waals surface area contributed by atoms with Gasteiger partial charge in [0.25, 0.3) is 0 Å². The van der Waals surface area contributed by atoms with Crippen LogP contribution in [-0.2, 0) is 16.4 Å². The van der Waals surface area contributed by atoms with Gasteiger partial charge in [0.2, 0.25) is 0 Å². The van der Waals surface area contributed by atoms with Crippen LogP contribution in [0.4, 0.5) is 13.2 Å². The fourth-order valence-electron chi connectivity index (χ4n) is 2.54. The van der Waals surface area contributed by atoms with Gasteiger partial charge in [0.05, 0.1) is 5.56 Å². The summed E-state index contributed by atoms with van der Waals surface area (Å²) in [6.45, 7) is 3.29. The highest BCUT2D eigenvalue weighted by molar-refractivity contribution is 5.87. The number of rotatable bonds is 2. The minimum absolute atomic E-state index is 0.185. The van der Waals surface area contributed by atoms with Crippen molar-refractivity contribution in [2.75, 3.05) is 0 Å². The third-order valence-corrected chi connectivity index (χ3v) is 3.69. The second-order valence-corrected chi connectivity index (χ2v) is 5.19. The number of nitrogens with zero attached hydrogens (tertiary/aromatic N) is 1. The molecule has 0 aliphatic heterocycles. The molecule has 1 heterocycles. The molecule has 1 N–H and O–H groups in total. The first kappa shape index (κ1) is 12.9. The van der Waals surface area contributed by atoms with Gasteiger partial charge in [-0.15, -0.1) is 0 Å².